The van der Waals surface area contributed by atoms with Crippen LogP contribution in [0.15, 0.2) is 97.1 Å². The van der Waals surface area contributed by atoms with Gasteiger partial charge in [-0.3, -0.25) is 0 Å². The Labute approximate surface area is 262 Å². The maximum absolute atomic E-state index is 13.0. The Balaban J connectivity index is 1.61. The van der Waals surface area contributed by atoms with Crippen molar-refractivity contribution < 1.29 is 38.1 Å². The van der Waals surface area contributed by atoms with E-state index in [4.69, 9.17) is 18.9 Å². The third-order valence-electron chi connectivity index (χ3n) is 7.19. The fourth-order valence-corrected chi connectivity index (χ4v) is 4.22. The summed E-state index contributed by atoms with van der Waals surface area (Å²) in [7, 11) is 0. The summed E-state index contributed by atoms with van der Waals surface area (Å²) < 4.78 is 22.7. The first-order valence-corrected chi connectivity index (χ1v) is 14.5. The van der Waals surface area contributed by atoms with Gasteiger partial charge in [0, 0.05) is 0 Å². The molecule has 4 aromatic carbocycles. The van der Waals surface area contributed by atoms with Crippen molar-refractivity contribution in [3.05, 3.63) is 142 Å². The van der Waals surface area contributed by atoms with Crippen molar-refractivity contribution in [2.75, 3.05) is 26.4 Å². The maximum atomic E-state index is 13.0. The highest BCUT2D eigenvalue weighted by Gasteiger charge is 2.38. The van der Waals surface area contributed by atoms with Gasteiger partial charge in [-0.2, -0.15) is 0 Å². The minimum Gasteiger partial charge on any atom is -0.461 e. The van der Waals surface area contributed by atoms with Crippen LogP contribution in [0, 0.1) is 33.1 Å². The molecule has 0 atom stereocenters. The average Bonchev–Trinajstić information content (AvgIpc) is 3.04. The van der Waals surface area contributed by atoms with E-state index in [0.717, 1.165) is 22.3 Å². The second-order valence-corrected chi connectivity index (χ2v) is 11.3. The molecule has 0 radical (unpaired) electrons. The zero-order chi connectivity index (χ0) is 32.4. The Morgan fingerprint density at radius 3 is 0.733 bits per heavy atom. The summed E-state index contributed by atoms with van der Waals surface area (Å²) in [4.78, 5) is 52.1. The molecule has 0 N–H and O–H groups in total. The van der Waals surface area contributed by atoms with E-state index in [1.54, 1.807) is 97.1 Å². The molecule has 4 rings (SSSR count). The fourth-order valence-electron chi connectivity index (χ4n) is 4.22. The number of benzene rings is 4. The van der Waals surface area contributed by atoms with Crippen molar-refractivity contribution in [1.29, 1.82) is 0 Å². The smallest absolute Gasteiger partial charge is 0.338 e. The molecule has 0 fully saturated rings. The highest BCUT2D eigenvalue weighted by Crippen LogP contribution is 2.24. The molecule has 0 bridgehead atoms. The molecule has 45 heavy (non-hydrogen) atoms. The van der Waals surface area contributed by atoms with Gasteiger partial charge < -0.3 is 18.9 Å². The highest BCUT2D eigenvalue weighted by atomic mass is 16.6. The Morgan fingerprint density at radius 2 is 0.556 bits per heavy atom. The first-order valence-electron chi connectivity index (χ1n) is 14.5. The van der Waals surface area contributed by atoms with Crippen LogP contribution in [0.1, 0.15) is 63.7 Å². The van der Waals surface area contributed by atoms with Gasteiger partial charge in [-0.05, 0) is 76.2 Å². The first-order chi connectivity index (χ1) is 21.5. The lowest BCUT2D eigenvalue weighted by Crippen LogP contribution is -2.44. The molecule has 0 spiro atoms. The van der Waals surface area contributed by atoms with Gasteiger partial charge >= 0.3 is 23.9 Å². The van der Waals surface area contributed by atoms with Gasteiger partial charge in [0.1, 0.15) is 31.8 Å². The van der Waals surface area contributed by atoms with E-state index in [-0.39, 0.29) is 26.4 Å². The molecule has 0 aliphatic carbocycles. The van der Waals surface area contributed by atoms with Crippen molar-refractivity contribution >= 4 is 23.9 Å². The van der Waals surface area contributed by atoms with Crippen molar-refractivity contribution in [3.63, 3.8) is 0 Å². The molecule has 0 saturated carbocycles. The van der Waals surface area contributed by atoms with E-state index < -0.39 is 29.3 Å². The summed E-state index contributed by atoms with van der Waals surface area (Å²) in [5, 5.41) is 0. The van der Waals surface area contributed by atoms with Crippen LogP contribution in [0.3, 0.4) is 0 Å². The van der Waals surface area contributed by atoms with Crippen LogP contribution in [0.2, 0.25) is 0 Å². The van der Waals surface area contributed by atoms with Crippen LogP contribution in [0.25, 0.3) is 0 Å². The van der Waals surface area contributed by atoms with Gasteiger partial charge in [0.05, 0.1) is 22.3 Å². The number of carbonyl (C=O) groups excluding carboxylic acids is 4. The number of carbonyl (C=O) groups is 4. The number of esters is 4. The lowest BCUT2D eigenvalue weighted by atomic mass is 9.92. The zero-order valence-electron chi connectivity index (χ0n) is 25.8. The van der Waals surface area contributed by atoms with Crippen LogP contribution in [-0.2, 0) is 18.9 Å². The number of aryl methyl sites for hydroxylation is 4. The molecule has 232 valence electrons. The van der Waals surface area contributed by atoms with E-state index in [9.17, 15) is 19.2 Å². The van der Waals surface area contributed by atoms with E-state index in [2.05, 4.69) is 0 Å². The van der Waals surface area contributed by atoms with Gasteiger partial charge in [0.15, 0.2) is 0 Å². The van der Waals surface area contributed by atoms with Gasteiger partial charge in [-0.15, -0.1) is 0 Å². The molecule has 0 unspecified atom stereocenters. The maximum Gasteiger partial charge on any atom is 0.338 e. The summed E-state index contributed by atoms with van der Waals surface area (Å²) in [5.74, 6) is -2.56. The largest absolute Gasteiger partial charge is 0.461 e. The van der Waals surface area contributed by atoms with E-state index in [1.165, 1.54) is 0 Å². The van der Waals surface area contributed by atoms with Crippen molar-refractivity contribution in [2.45, 2.75) is 27.7 Å². The van der Waals surface area contributed by atoms with Crippen LogP contribution >= 0.6 is 0 Å². The fraction of sp³-hybridized carbons (Fsp3) is 0.243. The van der Waals surface area contributed by atoms with E-state index in [0.29, 0.717) is 22.3 Å². The third kappa shape index (κ3) is 9.37. The van der Waals surface area contributed by atoms with Crippen LogP contribution in [0.5, 0.6) is 0 Å². The molecule has 0 aliphatic heterocycles. The van der Waals surface area contributed by atoms with Crippen molar-refractivity contribution in [3.8, 4) is 0 Å². The number of hydrogen-bond acceptors (Lipinski definition) is 8. The molecule has 8 nitrogen and oxygen atoms in total. The summed E-state index contributed by atoms with van der Waals surface area (Å²) in [6.45, 7) is 6.04. The van der Waals surface area contributed by atoms with Crippen LogP contribution in [0.4, 0.5) is 0 Å². The van der Waals surface area contributed by atoms with E-state index in [1.807, 2.05) is 27.7 Å². The third-order valence-corrected chi connectivity index (χ3v) is 7.19. The van der Waals surface area contributed by atoms with Gasteiger partial charge in [-0.25, -0.2) is 19.2 Å². The number of rotatable bonds is 12. The Kier molecular flexibility index (Phi) is 10.9. The monoisotopic (exact) mass is 608 g/mol. The first kappa shape index (κ1) is 32.7. The quantitative estimate of drug-likeness (QED) is 0.130. The molecule has 0 saturated heterocycles. The summed E-state index contributed by atoms with van der Waals surface area (Å²) in [6, 6.07) is 27.3. The molecule has 0 aliphatic rings. The molecular weight excluding hydrogens is 572 g/mol. The normalized spacial score (nSPS) is 10.9. The predicted octanol–water partition coefficient (Wildman–Crippen LogP) is 6.63. The highest BCUT2D eigenvalue weighted by molar-refractivity contribution is 5.91. The predicted molar refractivity (Wildman–Crippen MR) is 168 cm³/mol. The SMILES string of the molecule is Cc1ccc(C(=O)OCC(COC(=O)c2ccc(C)cc2)(COC(=O)c2ccc(C)cc2)COC(=O)c2ccc(C)cc2)cc1. The summed E-state index contributed by atoms with van der Waals surface area (Å²) in [6.07, 6.45) is 0. The van der Waals surface area contributed by atoms with Crippen molar-refractivity contribution in [1.82, 2.24) is 0 Å². The van der Waals surface area contributed by atoms with Crippen LogP contribution < -0.4 is 0 Å². The summed E-state index contributed by atoms with van der Waals surface area (Å²) >= 11 is 0. The zero-order valence-corrected chi connectivity index (χ0v) is 25.8. The van der Waals surface area contributed by atoms with Gasteiger partial charge in [0.2, 0.25) is 0 Å². The van der Waals surface area contributed by atoms with E-state index >= 15 is 0 Å². The number of hydrogen-bond donors (Lipinski definition) is 0. The number of ether oxygens (including phenoxy) is 4. The second-order valence-electron chi connectivity index (χ2n) is 11.3. The van der Waals surface area contributed by atoms with Gasteiger partial charge in [0.25, 0.3) is 0 Å². The van der Waals surface area contributed by atoms with Crippen LogP contribution in [-0.4, -0.2) is 50.3 Å². The molecule has 0 aromatic heterocycles. The average molecular weight is 609 g/mol. The minimum absolute atomic E-state index is 0.305. The Hall–Kier alpha value is -5.24. The molecular formula is C37H36O8. The van der Waals surface area contributed by atoms with Crippen molar-refractivity contribution in [2.24, 2.45) is 5.41 Å². The topological polar surface area (TPSA) is 105 Å². The molecule has 4 aromatic rings. The lowest BCUT2D eigenvalue weighted by Gasteiger charge is -2.31. The standard InChI is InChI=1S/C37H36O8/c1-25-5-13-29(14-6-25)33(38)42-21-37(22-43-34(39)30-15-7-26(2)8-16-30,23-44-35(40)31-17-9-27(3)10-18-31)24-45-36(41)32-19-11-28(4)12-20-32/h5-20H,21-24H2,1-4H3. The lowest BCUT2D eigenvalue weighted by molar-refractivity contribution is -0.0641. The molecule has 8 heteroatoms. The second kappa shape index (κ2) is 15.0. The minimum atomic E-state index is -1.44. The molecule has 0 amide bonds. The summed E-state index contributed by atoms with van der Waals surface area (Å²) in [5.41, 5.74) is 3.65. The molecule has 0 heterocycles. The Morgan fingerprint density at radius 1 is 0.378 bits per heavy atom. The van der Waals surface area contributed by atoms with Gasteiger partial charge in [-0.1, -0.05) is 70.8 Å². The Bertz CT molecular complexity index is 1370.